The van der Waals surface area contributed by atoms with Gasteiger partial charge in [0.25, 0.3) is 0 Å². The number of hydrogen-bond donors (Lipinski definition) is 0. The average Bonchev–Trinajstić information content (AvgIpc) is 2.99. The van der Waals surface area contributed by atoms with Crippen molar-refractivity contribution in [2.45, 2.75) is 58.5 Å². The number of aromatic nitrogens is 2. The highest BCUT2D eigenvalue weighted by molar-refractivity contribution is 5.89. The monoisotopic (exact) mass is 344 g/mol. The highest BCUT2D eigenvalue weighted by Crippen LogP contribution is 2.51. The molecular weight excluding hydrogens is 316 g/mol. The molecule has 3 heterocycles. The predicted octanol–water partition coefficient (Wildman–Crippen LogP) is 1.91. The zero-order valence-electron chi connectivity index (χ0n) is 15.3. The second-order valence-electron chi connectivity index (χ2n) is 8.47. The second-order valence-corrected chi connectivity index (χ2v) is 8.47. The van der Waals surface area contributed by atoms with Crippen molar-refractivity contribution in [3.63, 3.8) is 0 Å². The van der Waals surface area contributed by atoms with E-state index < -0.39 is 0 Å². The zero-order chi connectivity index (χ0) is 17.7. The van der Waals surface area contributed by atoms with E-state index in [-0.39, 0.29) is 28.7 Å². The summed E-state index contributed by atoms with van der Waals surface area (Å²) in [5.41, 5.74) is -0.592. The van der Waals surface area contributed by atoms with E-state index in [9.17, 15) is 9.59 Å². The first-order chi connectivity index (χ1) is 12.0. The third-order valence-corrected chi connectivity index (χ3v) is 6.38. The third-order valence-electron chi connectivity index (χ3n) is 6.38. The van der Waals surface area contributed by atoms with Crippen LogP contribution in [0.15, 0.2) is 18.7 Å². The quantitative estimate of drug-likeness (QED) is 0.838. The average molecular weight is 344 g/mol. The number of likely N-dealkylation sites (tertiary alicyclic amines) is 2. The van der Waals surface area contributed by atoms with Gasteiger partial charge in [-0.2, -0.15) is 0 Å². The molecule has 1 aliphatic carbocycles. The molecule has 2 aliphatic heterocycles. The molecule has 0 aromatic carbocycles. The van der Waals surface area contributed by atoms with Gasteiger partial charge in [0.1, 0.15) is 0 Å². The fourth-order valence-electron chi connectivity index (χ4n) is 4.67. The summed E-state index contributed by atoms with van der Waals surface area (Å²) in [6.45, 7) is 7.07. The molecule has 0 bridgehead atoms. The molecular formula is C19H28N4O2. The molecule has 25 heavy (non-hydrogen) atoms. The molecule has 2 saturated heterocycles. The molecule has 4 rings (SSSR count). The Morgan fingerprint density at radius 2 is 2.04 bits per heavy atom. The van der Waals surface area contributed by atoms with Crippen LogP contribution in [-0.2, 0) is 16.1 Å². The molecule has 1 unspecified atom stereocenters. The minimum absolute atomic E-state index is 0.241. The maximum absolute atomic E-state index is 13.2. The van der Waals surface area contributed by atoms with Crippen LogP contribution in [-0.4, -0.2) is 56.8 Å². The van der Waals surface area contributed by atoms with Crippen LogP contribution < -0.4 is 0 Å². The van der Waals surface area contributed by atoms with Crippen LogP contribution in [0.25, 0.3) is 0 Å². The lowest BCUT2D eigenvalue weighted by Gasteiger charge is -2.41. The Balaban J connectivity index is 1.47. The van der Waals surface area contributed by atoms with E-state index in [1.165, 1.54) is 0 Å². The van der Waals surface area contributed by atoms with E-state index in [4.69, 9.17) is 0 Å². The van der Waals surface area contributed by atoms with Crippen molar-refractivity contribution in [3.8, 4) is 0 Å². The van der Waals surface area contributed by atoms with Crippen LogP contribution in [0.1, 0.15) is 46.0 Å². The van der Waals surface area contributed by atoms with Crippen LogP contribution in [0.4, 0.5) is 0 Å². The summed E-state index contributed by atoms with van der Waals surface area (Å²) in [6.07, 6.45) is 10.1. The number of imidazole rings is 1. The van der Waals surface area contributed by atoms with Gasteiger partial charge in [0, 0.05) is 44.6 Å². The maximum Gasteiger partial charge on any atom is 0.230 e. The molecule has 6 heteroatoms. The van der Waals surface area contributed by atoms with Gasteiger partial charge in [-0.05, 0) is 46.0 Å². The van der Waals surface area contributed by atoms with E-state index in [2.05, 4.69) is 18.8 Å². The Morgan fingerprint density at radius 3 is 2.68 bits per heavy atom. The van der Waals surface area contributed by atoms with E-state index >= 15 is 0 Å². The standard InChI is InChI=1S/C19H28N4O2/c1-15(2)23-9-3-4-18(17(23)25)7-10-22(13-18)16(24)19(5-6-19)12-21-11-8-20-14-21/h8,11,14-15H,3-7,9-10,12-13H2,1-2H3. The lowest BCUT2D eigenvalue weighted by Crippen LogP contribution is -2.53. The Hall–Kier alpha value is -1.85. The van der Waals surface area contributed by atoms with Crippen molar-refractivity contribution in [1.82, 2.24) is 19.4 Å². The van der Waals surface area contributed by atoms with Gasteiger partial charge < -0.3 is 14.4 Å². The summed E-state index contributed by atoms with van der Waals surface area (Å²) in [6, 6.07) is 0.241. The highest BCUT2D eigenvalue weighted by atomic mass is 16.2. The first-order valence-electron chi connectivity index (χ1n) is 9.52. The summed E-state index contributed by atoms with van der Waals surface area (Å²) in [5, 5.41) is 0. The molecule has 0 radical (unpaired) electrons. The molecule has 1 saturated carbocycles. The SMILES string of the molecule is CC(C)N1CCCC2(CCN(C(=O)C3(Cn4ccnc4)CC3)C2)C1=O. The smallest absolute Gasteiger partial charge is 0.230 e. The number of hydrogen-bond acceptors (Lipinski definition) is 3. The normalized spacial score (nSPS) is 28.2. The van der Waals surface area contributed by atoms with Crippen molar-refractivity contribution < 1.29 is 9.59 Å². The Morgan fingerprint density at radius 1 is 1.24 bits per heavy atom. The summed E-state index contributed by atoms with van der Waals surface area (Å²) in [5.74, 6) is 0.510. The summed E-state index contributed by atoms with van der Waals surface area (Å²) < 4.78 is 2.00. The lowest BCUT2D eigenvalue weighted by molar-refractivity contribution is -0.148. The highest BCUT2D eigenvalue weighted by Gasteiger charge is 2.56. The number of carbonyl (C=O) groups excluding carboxylic acids is 2. The van der Waals surface area contributed by atoms with Crippen molar-refractivity contribution in [1.29, 1.82) is 0 Å². The van der Waals surface area contributed by atoms with Crippen LogP contribution in [0, 0.1) is 10.8 Å². The van der Waals surface area contributed by atoms with Crippen molar-refractivity contribution in [2.24, 2.45) is 10.8 Å². The van der Waals surface area contributed by atoms with Crippen molar-refractivity contribution in [3.05, 3.63) is 18.7 Å². The first-order valence-corrected chi connectivity index (χ1v) is 9.52. The van der Waals surface area contributed by atoms with E-state index in [0.717, 1.165) is 45.2 Å². The second kappa shape index (κ2) is 5.85. The Bertz CT molecular complexity index is 665. The third kappa shape index (κ3) is 2.75. The molecule has 1 spiro atoms. The van der Waals surface area contributed by atoms with Gasteiger partial charge in [-0.15, -0.1) is 0 Å². The minimum atomic E-state index is -0.330. The van der Waals surface area contributed by atoms with Gasteiger partial charge in [-0.25, -0.2) is 4.98 Å². The van der Waals surface area contributed by atoms with Gasteiger partial charge in [0.15, 0.2) is 0 Å². The van der Waals surface area contributed by atoms with E-state index in [1.54, 1.807) is 12.5 Å². The summed E-state index contributed by atoms with van der Waals surface area (Å²) >= 11 is 0. The summed E-state index contributed by atoms with van der Waals surface area (Å²) in [4.78, 5) is 34.3. The van der Waals surface area contributed by atoms with E-state index in [0.29, 0.717) is 13.1 Å². The lowest BCUT2D eigenvalue weighted by atomic mass is 9.78. The molecule has 2 amide bonds. The van der Waals surface area contributed by atoms with Crippen LogP contribution in [0.2, 0.25) is 0 Å². The molecule has 136 valence electrons. The molecule has 3 aliphatic rings. The summed E-state index contributed by atoms with van der Waals surface area (Å²) in [7, 11) is 0. The van der Waals surface area contributed by atoms with Gasteiger partial charge in [0.2, 0.25) is 11.8 Å². The fourth-order valence-corrected chi connectivity index (χ4v) is 4.67. The predicted molar refractivity (Wildman–Crippen MR) is 93.6 cm³/mol. The number of piperidine rings is 1. The molecule has 1 aromatic heterocycles. The van der Waals surface area contributed by atoms with E-state index in [1.807, 2.05) is 20.6 Å². The van der Waals surface area contributed by atoms with Crippen molar-refractivity contribution in [2.75, 3.05) is 19.6 Å². The topological polar surface area (TPSA) is 58.4 Å². The first kappa shape index (κ1) is 16.6. The largest absolute Gasteiger partial charge is 0.341 e. The van der Waals surface area contributed by atoms with Gasteiger partial charge in [-0.1, -0.05) is 0 Å². The Labute approximate surface area is 149 Å². The van der Waals surface area contributed by atoms with Gasteiger partial charge in [-0.3, -0.25) is 9.59 Å². The molecule has 1 atom stereocenters. The number of rotatable bonds is 4. The van der Waals surface area contributed by atoms with Gasteiger partial charge in [0.05, 0.1) is 17.2 Å². The van der Waals surface area contributed by atoms with Crippen molar-refractivity contribution >= 4 is 11.8 Å². The molecule has 6 nitrogen and oxygen atoms in total. The minimum Gasteiger partial charge on any atom is -0.341 e. The van der Waals surface area contributed by atoms with Crippen LogP contribution in [0.3, 0.4) is 0 Å². The van der Waals surface area contributed by atoms with Gasteiger partial charge >= 0.3 is 0 Å². The molecule has 0 N–H and O–H groups in total. The van der Waals surface area contributed by atoms with Crippen LogP contribution >= 0.6 is 0 Å². The molecule has 3 fully saturated rings. The number of carbonyl (C=O) groups is 2. The maximum atomic E-state index is 13.2. The number of amides is 2. The fraction of sp³-hybridized carbons (Fsp3) is 0.737. The zero-order valence-corrected chi connectivity index (χ0v) is 15.3. The Kier molecular flexibility index (Phi) is 3.89. The van der Waals surface area contributed by atoms with Crippen LogP contribution in [0.5, 0.6) is 0 Å². The molecule has 1 aromatic rings. The number of nitrogens with zero attached hydrogens (tertiary/aromatic N) is 4.